The number of nitrogens with one attached hydrogen (secondary N) is 2. The molecule has 1 saturated heterocycles. The number of rotatable bonds is 6. The number of thiophene rings is 1. The van der Waals surface area contributed by atoms with Gasteiger partial charge in [0.15, 0.2) is 5.11 Å². The van der Waals surface area contributed by atoms with Crippen LogP contribution in [0.4, 0.5) is 5.00 Å². The van der Waals surface area contributed by atoms with Gasteiger partial charge < -0.3 is 20.1 Å². The highest BCUT2D eigenvalue weighted by molar-refractivity contribution is 7.80. The largest absolute Gasteiger partial charge is 0.465 e. The molecular weight excluding hydrogens is 334 g/mol. The van der Waals surface area contributed by atoms with E-state index in [0.29, 0.717) is 10.7 Å². The molecule has 2 N–H and O–H groups in total. The molecule has 0 amide bonds. The topological polar surface area (TPSA) is 62.8 Å². The second-order valence-corrected chi connectivity index (χ2v) is 6.68. The summed E-state index contributed by atoms with van der Waals surface area (Å²) in [7, 11) is 1.38. The maximum Gasteiger partial charge on any atom is 0.340 e. The molecule has 1 fully saturated rings. The average molecular weight is 358 g/mol. The third-order valence-corrected chi connectivity index (χ3v) is 5.02. The number of hydrogen-bond acceptors (Lipinski definition) is 6. The summed E-state index contributed by atoms with van der Waals surface area (Å²) in [5.41, 5.74) is 0.534. The number of carbonyl (C=O) groups excluding carboxylic acids is 1. The molecule has 0 aromatic carbocycles. The molecular formula is C15H23N3O3S2. The number of hydrogen-bond donors (Lipinski definition) is 2. The Morgan fingerprint density at radius 1 is 1.48 bits per heavy atom. The van der Waals surface area contributed by atoms with Crippen LogP contribution in [0.15, 0.2) is 6.07 Å². The lowest BCUT2D eigenvalue weighted by atomic mass is 10.2. The zero-order valence-electron chi connectivity index (χ0n) is 13.5. The van der Waals surface area contributed by atoms with E-state index in [1.54, 1.807) is 0 Å². The monoisotopic (exact) mass is 357 g/mol. The number of methoxy groups -OCH3 is 1. The van der Waals surface area contributed by atoms with Crippen molar-refractivity contribution in [3.63, 3.8) is 0 Å². The highest BCUT2D eigenvalue weighted by Crippen LogP contribution is 2.29. The number of nitrogens with zero attached hydrogens (tertiary/aromatic N) is 1. The van der Waals surface area contributed by atoms with Crippen LogP contribution in [0, 0.1) is 0 Å². The van der Waals surface area contributed by atoms with Gasteiger partial charge in [0.2, 0.25) is 0 Å². The minimum atomic E-state index is -0.348. The molecule has 2 heterocycles. The summed E-state index contributed by atoms with van der Waals surface area (Å²) in [6, 6.07) is 1.86. The van der Waals surface area contributed by atoms with Crippen molar-refractivity contribution < 1.29 is 14.3 Å². The van der Waals surface area contributed by atoms with E-state index in [1.807, 2.05) is 6.07 Å². The molecule has 1 aromatic rings. The molecule has 1 aromatic heterocycles. The van der Waals surface area contributed by atoms with Crippen LogP contribution in [0.3, 0.4) is 0 Å². The Labute approximate surface area is 146 Å². The number of carbonyl (C=O) groups is 1. The van der Waals surface area contributed by atoms with Crippen LogP contribution in [0.1, 0.15) is 22.2 Å². The Kier molecular flexibility index (Phi) is 7.22. The molecule has 0 radical (unpaired) electrons. The van der Waals surface area contributed by atoms with Gasteiger partial charge in [-0.05, 0) is 24.7 Å². The second-order valence-electron chi connectivity index (χ2n) is 5.14. The van der Waals surface area contributed by atoms with Gasteiger partial charge in [0.25, 0.3) is 0 Å². The van der Waals surface area contributed by atoms with E-state index >= 15 is 0 Å². The van der Waals surface area contributed by atoms with Crippen molar-refractivity contribution in [3.05, 3.63) is 16.5 Å². The van der Waals surface area contributed by atoms with Gasteiger partial charge >= 0.3 is 5.97 Å². The van der Waals surface area contributed by atoms with E-state index in [9.17, 15) is 4.79 Å². The quantitative estimate of drug-likeness (QED) is 0.594. The molecule has 2 rings (SSSR count). The van der Waals surface area contributed by atoms with Crippen molar-refractivity contribution in [3.8, 4) is 0 Å². The molecule has 128 valence electrons. The lowest BCUT2D eigenvalue weighted by Crippen LogP contribution is -2.42. The Balaban J connectivity index is 1.84. The van der Waals surface area contributed by atoms with Crippen molar-refractivity contribution in [2.45, 2.75) is 13.3 Å². The van der Waals surface area contributed by atoms with Crippen molar-refractivity contribution >= 4 is 39.6 Å². The first kappa shape index (κ1) is 18.1. The maximum absolute atomic E-state index is 11.8. The maximum atomic E-state index is 11.8. The van der Waals surface area contributed by atoms with Crippen LogP contribution in [-0.4, -0.2) is 62.5 Å². The predicted molar refractivity (Wildman–Crippen MR) is 96.5 cm³/mol. The molecule has 0 aliphatic carbocycles. The Hall–Kier alpha value is -1.22. The van der Waals surface area contributed by atoms with Gasteiger partial charge in [-0.1, -0.05) is 6.92 Å². The van der Waals surface area contributed by atoms with Gasteiger partial charge in [0, 0.05) is 31.1 Å². The molecule has 0 saturated carbocycles. The third kappa shape index (κ3) is 5.42. The lowest BCUT2D eigenvalue weighted by Gasteiger charge is -2.26. The van der Waals surface area contributed by atoms with E-state index in [1.165, 1.54) is 18.4 Å². The van der Waals surface area contributed by atoms with Crippen LogP contribution in [-0.2, 0) is 15.9 Å². The summed E-state index contributed by atoms with van der Waals surface area (Å²) >= 11 is 6.85. The van der Waals surface area contributed by atoms with Crippen molar-refractivity contribution in [1.29, 1.82) is 0 Å². The number of morpholine rings is 1. The van der Waals surface area contributed by atoms with E-state index in [-0.39, 0.29) is 5.97 Å². The molecule has 6 nitrogen and oxygen atoms in total. The second kappa shape index (κ2) is 9.17. The first-order valence-electron chi connectivity index (χ1n) is 7.70. The number of esters is 1. The fourth-order valence-electron chi connectivity index (χ4n) is 2.27. The zero-order chi connectivity index (χ0) is 16.7. The molecule has 1 aliphatic heterocycles. The summed E-state index contributed by atoms with van der Waals surface area (Å²) < 4.78 is 10.1. The van der Waals surface area contributed by atoms with Crippen LogP contribution in [0.2, 0.25) is 0 Å². The summed E-state index contributed by atoms with van der Waals surface area (Å²) in [5.74, 6) is -0.348. The Morgan fingerprint density at radius 2 is 2.22 bits per heavy atom. The molecule has 0 bridgehead atoms. The Bertz CT molecular complexity index is 542. The molecule has 23 heavy (non-hydrogen) atoms. The van der Waals surface area contributed by atoms with Crippen LogP contribution in [0.5, 0.6) is 0 Å². The predicted octanol–water partition coefficient (Wildman–Crippen LogP) is 1.72. The van der Waals surface area contributed by atoms with Crippen LogP contribution in [0.25, 0.3) is 0 Å². The van der Waals surface area contributed by atoms with E-state index in [4.69, 9.17) is 21.7 Å². The highest BCUT2D eigenvalue weighted by Gasteiger charge is 2.17. The molecule has 0 spiro atoms. The highest BCUT2D eigenvalue weighted by atomic mass is 32.1. The summed E-state index contributed by atoms with van der Waals surface area (Å²) in [6.07, 6.45) is 0.869. The number of aryl methyl sites for hydroxylation is 1. The number of thiocarbonyl (C=S) groups is 1. The zero-order valence-corrected chi connectivity index (χ0v) is 15.1. The van der Waals surface area contributed by atoms with Gasteiger partial charge in [-0.25, -0.2) is 4.79 Å². The minimum Gasteiger partial charge on any atom is -0.465 e. The van der Waals surface area contributed by atoms with Gasteiger partial charge in [-0.15, -0.1) is 11.3 Å². The lowest BCUT2D eigenvalue weighted by molar-refractivity contribution is 0.0389. The van der Waals surface area contributed by atoms with Gasteiger partial charge in [-0.3, -0.25) is 4.90 Å². The minimum absolute atomic E-state index is 0.348. The van der Waals surface area contributed by atoms with E-state index < -0.39 is 0 Å². The third-order valence-electron chi connectivity index (χ3n) is 3.58. The molecule has 0 unspecified atom stereocenters. The first-order valence-corrected chi connectivity index (χ1v) is 8.92. The van der Waals surface area contributed by atoms with Gasteiger partial charge in [0.1, 0.15) is 5.00 Å². The smallest absolute Gasteiger partial charge is 0.340 e. The summed E-state index contributed by atoms with van der Waals surface area (Å²) in [6.45, 7) is 7.22. The van der Waals surface area contributed by atoms with E-state index in [2.05, 4.69) is 22.5 Å². The Morgan fingerprint density at radius 3 is 2.87 bits per heavy atom. The van der Waals surface area contributed by atoms with Crippen molar-refractivity contribution in [2.24, 2.45) is 0 Å². The fourth-order valence-corrected chi connectivity index (χ4v) is 3.53. The van der Waals surface area contributed by atoms with Crippen molar-refractivity contribution in [1.82, 2.24) is 10.2 Å². The van der Waals surface area contributed by atoms with Gasteiger partial charge in [0.05, 0.1) is 25.9 Å². The number of anilines is 1. The molecule has 0 atom stereocenters. The normalized spacial score (nSPS) is 15.2. The first-order chi connectivity index (χ1) is 11.1. The average Bonchev–Trinajstić information content (AvgIpc) is 2.98. The van der Waals surface area contributed by atoms with Crippen molar-refractivity contribution in [2.75, 3.05) is 51.8 Å². The summed E-state index contributed by atoms with van der Waals surface area (Å²) in [4.78, 5) is 15.3. The standard InChI is InChI=1S/C15H23N3O3S2/c1-3-11-10-12(14(19)20-2)13(23-11)17-15(22)16-4-5-18-6-8-21-9-7-18/h10H,3-9H2,1-2H3,(H2,16,17,22). The SMILES string of the molecule is CCc1cc(C(=O)OC)c(NC(=S)NCCN2CCOCC2)s1. The van der Waals surface area contributed by atoms with Crippen LogP contribution >= 0.6 is 23.6 Å². The van der Waals surface area contributed by atoms with E-state index in [0.717, 1.165) is 55.7 Å². The fraction of sp³-hybridized carbons (Fsp3) is 0.600. The number of ether oxygens (including phenoxy) is 2. The molecule has 1 aliphatic rings. The summed E-state index contributed by atoms with van der Waals surface area (Å²) in [5, 5.41) is 7.55. The van der Waals surface area contributed by atoms with Gasteiger partial charge in [-0.2, -0.15) is 0 Å². The van der Waals surface area contributed by atoms with Crippen LogP contribution < -0.4 is 10.6 Å². The molecule has 8 heteroatoms.